The molecule has 0 saturated carbocycles. The van der Waals surface area contributed by atoms with Crippen LogP contribution in [0.15, 0.2) is 91.3 Å². The lowest BCUT2D eigenvalue weighted by atomic mass is 9.91. The van der Waals surface area contributed by atoms with E-state index in [1.807, 2.05) is 103 Å². The first kappa shape index (κ1) is 26.8. The molecule has 0 bridgehead atoms. The molecule has 7 nitrogen and oxygen atoms in total. The van der Waals surface area contributed by atoms with Gasteiger partial charge in [-0.15, -0.1) is 0 Å². The first-order valence-electron chi connectivity index (χ1n) is 13.2. The molecule has 0 saturated heterocycles. The normalized spacial score (nSPS) is 11.7. The topological polar surface area (TPSA) is 74.1 Å². The number of rotatable bonds is 10. The molecule has 2 aromatic heterocycles. The molecule has 40 heavy (non-hydrogen) atoms. The van der Waals surface area contributed by atoms with Crippen molar-refractivity contribution in [1.29, 1.82) is 0 Å². The second-order valence-electron chi connectivity index (χ2n) is 9.77. The summed E-state index contributed by atoms with van der Waals surface area (Å²) in [6, 6.07) is 25.5. The van der Waals surface area contributed by atoms with E-state index in [9.17, 15) is 4.79 Å². The molecule has 2 heterocycles. The highest BCUT2D eigenvalue weighted by atomic mass is 16.5. The van der Waals surface area contributed by atoms with Crippen LogP contribution >= 0.6 is 0 Å². The third kappa shape index (κ3) is 5.94. The highest BCUT2D eigenvalue weighted by Crippen LogP contribution is 2.35. The van der Waals surface area contributed by atoms with E-state index in [1.165, 1.54) is 5.56 Å². The summed E-state index contributed by atoms with van der Waals surface area (Å²) in [4.78, 5) is 18.1. The van der Waals surface area contributed by atoms with Crippen molar-refractivity contribution >= 4 is 17.2 Å². The van der Waals surface area contributed by atoms with Crippen LogP contribution in [-0.2, 0) is 11.4 Å². The van der Waals surface area contributed by atoms with Crippen molar-refractivity contribution in [3.05, 3.63) is 119 Å². The number of hydrogen-bond acceptors (Lipinski definition) is 5. The maximum Gasteiger partial charge on any atom is 0.225 e. The third-order valence-electron chi connectivity index (χ3n) is 7.08. The average molecular weight is 536 g/mol. The van der Waals surface area contributed by atoms with Gasteiger partial charge in [-0.2, -0.15) is 0 Å². The van der Waals surface area contributed by atoms with Crippen molar-refractivity contribution in [2.24, 2.45) is 0 Å². The van der Waals surface area contributed by atoms with E-state index in [2.05, 4.69) is 12.2 Å². The van der Waals surface area contributed by atoms with Crippen molar-refractivity contribution in [3.63, 3.8) is 0 Å². The number of aromatic nitrogens is 2. The molecule has 0 fully saturated rings. The van der Waals surface area contributed by atoms with Gasteiger partial charge in [0.1, 0.15) is 18.1 Å². The van der Waals surface area contributed by atoms with Crippen molar-refractivity contribution in [2.45, 2.75) is 32.8 Å². The minimum Gasteiger partial charge on any atom is -0.497 e. The molecular weight excluding hydrogens is 502 g/mol. The summed E-state index contributed by atoms with van der Waals surface area (Å²) in [7, 11) is 3.23. The summed E-state index contributed by atoms with van der Waals surface area (Å²) in [5.41, 5.74) is 6.55. The van der Waals surface area contributed by atoms with Gasteiger partial charge in [-0.25, -0.2) is 4.98 Å². The SMILES string of the molecule is COc1cc(OC)cc(C(CC(=O)Nc2ccc(C)c(C)c2)c2cnc3c(OCc4ccccc4)cccn23)c1. The lowest BCUT2D eigenvalue weighted by Gasteiger charge is -2.19. The monoisotopic (exact) mass is 535 g/mol. The number of pyridine rings is 1. The third-order valence-corrected chi connectivity index (χ3v) is 7.08. The van der Waals surface area contributed by atoms with Crippen LogP contribution in [0.2, 0.25) is 0 Å². The van der Waals surface area contributed by atoms with Crippen LogP contribution in [-0.4, -0.2) is 29.5 Å². The molecular formula is C33H33N3O4. The highest BCUT2D eigenvalue weighted by Gasteiger charge is 2.24. The Kier molecular flexibility index (Phi) is 8.01. The summed E-state index contributed by atoms with van der Waals surface area (Å²) in [5.74, 6) is 1.51. The van der Waals surface area contributed by atoms with Gasteiger partial charge in [0.05, 0.1) is 19.9 Å². The maximum absolute atomic E-state index is 13.4. The van der Waals surface area contributed by atoms with E-state index < -0.39 is 0 Å². The van der Waals surface area contributed by atoms with Gasteiger partial charge in [-0.3, -0.25) is 4.79 Å². The fourth-order valence-corrected chi connectivity index (χ4v) is 4.75. The number of benzene rings is 3. The molecule has 1 N–H and O–H groups in total. The van der Waals surface area contributed by atoms with Crippen molar-refractivity contribution in [1.82, 2.24) is 9.38 Å². The van der Waals surface area contributed by atoms with E-state index in [4.69, 9.17) is 19.2 Å². The van der Waals surface area contributed by atoms with Gasteiger partial charge in [0.2, 0.25) is 5.91 Å². The van der Waals surface area contributed by atoms with E-state index in [0.29, 0.717) is 29.5 Å². The first-order chi connectivity index (χ1) is 19.4. The minimum atomic E-state index is -0.338. The lowest BCUT2D eigenvalue weighted by Crippen LogP contribution is -2.18. The number of amides is 1. The highest BCUT2D eigenvalue weighted by molar-refractivity contribution is 5.91. The van der Waals surface area contributed by atoms with Gasteiger partial charge in [-0.1, -0.05) is 36.4 Å². The molecule has 0 spiro atoms. The Morgan fingerprint density at radius 3 is 2.35 bits per heavy atom. The lowest BCUT2D eigenvalue weighted by molar-refractivity contribution is -0.116. The number of carbonyl (C=O) groups is 1. The van der Waals surface area contributed by atoms with Crippen LogP contribution in [0.1, 0.15) is 40.3 Å². The van der Waals surface area contributed by atoms with Crippen molar-refractivity contribution < 1.29 is 19.0 Å². The zero-order valence-electron chi connectivity index (χ0n) is 23.2. The predicted molar refractivity (Wildman–Crippen MR) is 157 cm³/mol. The van der Waals surface area contributed by atoms with E-state index >= 15 is 0 Å². The largest absolute Gasteiger partial charge is 0.497 e. The van der Waals surface area contributed by atoms with Crippen LogP contribution in [0, 0.1) is 13.8 Å². The molecule has 3 aromatic carbocycles. The first-order valence-corrected chi connectivity index (χ1v) is 13.2. The Hall–Kier alpha value is -4.78. The fourth-order valence-electron chi connectivity index (χ4n) is 4.75. The quantitative estimate of drug-likeness (QED) is 0.215. The Morgan fingerprint density at radius 1 is 0.900 bits per heavy atom. The molecule has 204 valence electrons. The number of nitrogens with zero attached hydrogens (tertiary/aromatic N) is 2. The number of nitrogens with one attached hydrogen (secondary N) is 1. The molecule has 0 aliphatic rings. The van der Waals surface area contributed by atoms with Crippen molar-refractivity contribution in [3.8, 4) is 17.2 Å². The Labute approximate surface area is 234 Å². The minimum absolute atomic E-state index is 0.110. The van der Waals surface area contributed by atoms with E-state index in [-0.39, 0.29) is 18.2 Å². The Balaban J connectivity index is 1.51. The van der Waals surface area contributed by atoms with Crippen LogP contribution in [0.4, 0.5) is 5.69 Å². The number of fused-ring (bicyclic) bond motifs is 1. The molecule has 1 amide bonds. The molecule has 5 rings (SSSR count). The smallest absolute Gasteiger partial charge is 0.225 e. The Bertz CT molecular complexity index is 1610. The summed E-state index contributed by atoms with van der Waals surface area (Å²) in [6.45, 7) is 4.51. The van der Waals surface area contributed by atoms with Crippen LogP contribution in [0.5, 0.6) is 17.2 Å². The summed E-state index contributed by atoms with van der Waals surface area (Å²) in [5, 5.41) is 3.07. The average Bonchev–Trinajstić information content (AvgIpc) is 3.41. The number of anilines is 1. The van der Waals surface area contributed by atoms with Gasteiger partial charge >= 0.3 is 0 Å². The molecule has 5 aromatic rings. The fraction of sp³-hybridized carbons (Fsp3) is 0.212. The second kappa shape index (κ2) is 11.9. The number of aryl methyl sites for hydroxylation is 2. The molecule has 1 atom stereocenters. The van der Waals surface area contributed by atoms with Gasteiger partial charge in [-0.05, 0) is 72.5 Å². The number of hydrogen-bond donors (Lipinski definition) is 1. The standard InChI is InChI=1S/C33H33N3O4/c1-22-12-13-26(15-23(22)2)35-32(37)19-29(25-16-27(38-3)18-28(17-25)39-4)30-20-34-33-31(11-8-14-36(30)33)40-21-24-9-6-5-7-10-24/h5-18,20,29H,19,21H2,1-4H3,(H,35,37). The Morgan fingerprint density at radius 2 is 1.65 bits per heavy atom. The van der Waals surface area contributed by atoms with Crippen LogP contribution < -0.4 is 19.5 Å². The zero-order chi connectivity index (χ0) is 28.1. The van der Waals surface area contributed by atoms with Crippen LogP contribution in [0.3, 0.4) is 0 Å². The van der Waals surface area contributed by atoms with Gasteiger partial charge in [0, 0.05) is 36.5 Å². The molecule has 0 radical (unpaired) electrons. The number of imidazole rings is 1. The predicted octanol–water partition coefficient (Wildman–Crippen LogP) is 6.71. The number of ether oxygens (including phenoxy) is 3. The molecule has 7 heteroatoms. The van der Waals surface area contributed by atoms with Gasteiger partial charge in [0.15, 0.2) is 11.4 Å². The second-order valence-corrected chi connectivity index (χ2v) is 9.77. The van der Waals surface area contributed by atoms with E-state index in [1.54, 1.807) is 14.2 Å². The molecule has 0 aliphatic heterocycles. The summed E-state index contributed by atoms with van der Waals surface area (Å²) >= 11 is 0. The molecule has 1 unspecified atom stereocenters. The molecule has 0 aliphatic carbocycles. The van der Waals surface area contributed by atoms with Gasteiger partial charge in [0.25, 0.3) is 0 Å². The van der Waals surface area contributed by atoms with E-state index in [0.717, 1.165) is 28.1 Å². The van der Waals surface area contributed by atoms with Crippen molar-refractivity contribution in [2.75, 3.05) is 19.5 Å². The summed E-state index contributed by atoms with van der Waals surface area (Å²) < 4.78 is 19.2. The number of methoxy groups -OCH3 is 2. The van der Waals surface area contributed by atoms with Crippen LogP contribution in [0.25, 0.3) is 5.65 Å². The maximum atomic E-state index is 13.4. The summed E-state index contributed by atoms with van der Waals surface area (Å²) in [6.07, 6.45) is 3.94. The van der Waals surface area contributed by atoms with Gasteiger partial charge < -0.3 is 23.9 Å². The zero-order valence-corrected chi connectivity index (χ0v) is 23.2. The number of carbonyl (C=O) groups excluding carboxylic acids is 1.